The Morgan fingerprint density at radius 2 is 1.92 bits per heavy atom. The monoisotopic (exact) mass is 178 g/mol. The van der Waals surface area contributed by atoms with Crippen molar-refractivity contribution in [3.05, 3.63) is 0 Å². The van der Waals surface area contributed by atoms with Gasteiger partial charge in [-0.1, -0.05) is 0 Å². The van der Waals surface area contributed by atoms with Crippen molar-refractivity contribution in [2.75, 3.05) is 26.2 Å². The molecule has 2 nitrogen and oxygen atoms in total. The molecule has 0 aliphatic carbocycles. The molecule has 0 amide bonds. The van der Waals surface area contributed by atoms with E-state index in [9.17, 15) is 8.78 Å². The van der Waals surface area contributed by atoms with Crippen LogP contribution in [0.25, 0.3) is 0 Å². The molecule has 1 rings (SSSR count). The van der Waals surface area contributed by atoms with Crippen LogP contribution in [0.1, 0.15) is 12.8 Å². The first-order valence-corrected chi connectivity index (χ1v) is 4.44. The number of halogens is 2. The quantitative estimate of drug-likeness (QED) is 0.696. The number of piperidine rings is 1. The van der Waals surface area contributed by atoms with Crippen LogP contribution >= 0.6 is 0 Å². The Hall–Kier alpha value is -0.220. The molecule has 1 aliphatic heterocycles. The fourth-order valence-electron chi connectivity index (χ4n) is 1.61. The van der Waals surface area contributed by atoms with Crippen LogP contribution in [0.2, 0.25) is 0 Å². The summed E-state index contributed by atoms with van der Waals surface area (Å²) in [7, 11) is 0. The van der Waals surface area contributed by atoms with E-state index in [0.717, 1.165) is 19.6 Å². The highest BCUT2D eigenvalue weighted by atomic mass is 19.3. The first kappa shape index (κ1) is 9.86. The van der Waals surface area contributed by atoms with Crippen molar-refractivity contribution in [2.45, 2.75) is 19.3 Å². The number of rotatable bonds is 3. The van der Waals surface area contributed by atoms with Crippen molar-refractivity contribution in [2.24, 2.45) is 11.7 Å². The summed E-state index contributed by atoms with van der Waals surface area (Å²) in [4.78, 5) is 2.15. The number of nitrogens with two attached hydrogens (primary N) is 1. The molecule has 1 saturated heterocycles. The second kappa shape index (κ2) is 4.72. The third-order valence-electron chi connectivity index (χ3n) is 2.43. The molecule has 0 saturated carbocycles. The molecule has 1 aliphatic rings. The van der Waals surface area contributed by atoms with Crippen molar-refractivity contribution in [3.8, 4) is 0 Å². The van der Waals surface area contributed by atoms with Gasteiger partial charge < -0.3 is 10.6 Å². The lowest BCUT2D eigenvalue weighted by Crippen LogP contribution is -2.38. The van der Waals surface area contributed by atoms with Crippen molar-refractivity contribution in [3.63, 3.8) is 0 Å². The van der Waals surface area contributed by atoms with Gasteiger partial charge in [-0.05, 0) is 25.9 Å². The topological polar surface area (TPSA) is 29.3 Å². The van der Waals surface area contributed by atoms with Crippen molar-refractivity contribution < 1.29 is 8.78 Å². The SMILES string of the molecule is NCCN1CCC(C(F)F)CC1. The maximum atomic E-state index is 12.2. The first-order chi connectivity index (χ1) is 5.74. The van der Waals surface area contributed by atoms with E-state index in [1.165, 1.54) is 0 Å². The van der Waals surface area contributed by atoms with Gasteiger partial charge in [0, 0.05) is 19.0 Å². The highest BCUT2D eigenvalue weighted by Crippen LogP contribution is 2.22. The molecular formula is C8H16F2N2. The lowest BCUT2D eigenvalue weighted by atomic mass is 9.97. The molecular weight excluding hydrogens is 162 g/mol. The number of nitrogens with zero attached hydrogens (tertiary/aromatic N) is 1. The number of hydrogen-bond donors (Lipinski definition) is 1. The van der Waals surface area contributed by atoms with Gasteiger partial charge in [0.05, 0.1) is 0 Å². The average Bonchev–Trinajstić information content (AvgIpc) is 2.06. The van der Waals surface area contributed by atoms with Gasteiger partial charge in [0.15, 0.2) is 0 Å². The molecule has 0 unspecified atom stereocenters. The summed E-state index contributed by atoms with van der Waals surface area (Å²) in [5.41, 5.74) is 5.36. The zero-order valence-corrected chi connectivity index (χ0v) is 7.18. The average molecular weight is 178 g/mol. The Morgan fingerprint density at radius 1 is 1.33 bits per heavy atom. The molecule has 0 atom stereocenters. The Balaban J connectivity index is 2.20. The van der Waals surface area contributed by atoms with Crippen LogP contribution in [0.3, 0.4) is 0 Å². The molecule has 0 aromatic carbocycles. The van der Waals surface area contributed by atoms with Crippen molar-refractivity contribution in [1.82, 2.24) is 4.90 Å². The number of alkyl halides is 2. The lowest BCUT2D eigenvalue weighted by Gasteiger charge is -2.30. The van der Waals surface area contributed by atoms with E-state index in [0.29, 0.717) is 19.4 Å². The minimum absolute atomic E-state index is 0.376. The fourth-order valence-corrected chi connectivity index (χ4v) is 1.61. The summed E-state index contributed by atoms with van der Waals surface area (Å²) in [5, 5.41) is 0. The fraction of sp³-hybridized carbons (Fsp3) is 1.00. The molecule has 0 spiro atoms. The van der Waals surface area contributed by atoms with Crippen molar-refractivity contribution >= 4 is 0 Å². The third-order valence-corrected chi connectivity index (χ3v) is 2.43. The van der Waals surface area contributed by atoms with Crippen LogP contribution in [0.5, 0.6) is 0 Å². The van der Waals surface area contributed by atoms with Gasteiger partial charge in [-0.25, -0.2) is 8.78 Å². The zero-order valence-electron chi connectivity index (χ0n) is 7.18. The smallest absolute Gasteiger partial charge is 0.241 e. The molecule has 0 aromatic heterocycles. The second-order valence-electron chi connectivity index (χ2n) is 3.30. The molecule has 1 heterocycles. The van der Waals surface area contributed by atoms with Crippen LogP contribution in [0, 0.1) is 5.92 Å². The van der Waals surface area contributed by atoms with E-state index < -0.39 is 6.43 Å². The summed E-state index contributed by atoms with van der Waals surface area (Å²) < 4.78 is 24.4. The number of hydrogen-bond acceptors (Lipinski definition) is 2. The van der Waals surface area contributed by atoms with Crippen LogP contribution in [-0.4, -0.2) is 37.5 Å². The lowest BCUT2D eigenvalue weighted by molar-refractivity contribution is 0.0360. The first-order valence-electron chi connectivity index (χ1n) is 4.44. The molecule has 0 radical (unpaired) electrons. The predicted octanol–water partition coefficient (Wildman–Crippen LogP) is 0.922. The van der Waals surface area contributed by atoms with E-state index in [-0.39, 0.29) is 5.92 Å². The minimum atomic E-state index is -2.13. The molecule has 12 heavy (non-hydrogen) atoms. The number of likely N-dealkylation sites (tertiary alicyclic amines) is 1. The molecule has 0 aromatic rings. The molecule has 72 valence electrons. The summed E-state index contributed by atoms with van der Waals surface area (Å²) in [5.74, 6) is -0.376. The second-order valence-corrected chi connectivity index (χ2v) is 3.30. The van der Waals surface area contributed by atoms with Crippen LogP contribution in [-0.2, 0) is 0 Å². The highest BCUT2D eigenvalue weighted by molar-refractivity contribution is 4.73. The maximum absolute atomic E-state index is 12.2. The largest absolute Gasteiger partial charge is 0.329 e. The van der Waals surface area contributed by atoms with E-state index in [2.05, 4.69) is 4.90 Å². The molecule has 0 bridgehead atoms. The van der Waals surface area contributed by atoms with E-state index >= 15 is 0 Å². The van der Waals surface area contributed by atoms with Crippen LogP contribution in [0.15, 0.2) is 0 Å². The highest BCUT2D eigenvalue weighted by Gasteiger charge is 2.25. The molecule has 4 heteroatoms. The van der Waals surface area contributed by atoms with Gasteiger partial charge >= 0.3 is 0 Å². The Kier molecular flexibility index (Phi) is 3.88. The Bertz CT molecular complexity index is 122. The zero-order chi connectivity index (χ0) is 8.97. The van der Waals surface area contributed by atoms with Crippen LogP contribution < -0.4 is 5.73 Å². The standard InChI is InChI=1S/C8H16F2N2/c9-8(10)7-1-4-12(5-2-7)6-3-11/h7-8H,1-6,11H2. The van der Waals surface area contributed by atoms with Crippen LogP contribution in [0.4, 0.5) is 8.78 Å². The van der Waals surface area contributed by atoms with Gasteiger partial charge in [-0.15, -0.1) is 0 Å². The van der Waals surface area contributed by atoms with Gasteiger partial charge in [-0.3, -0.25) is 0 Å². The van der Waals surface area contributed by atoms with Gasteiger partial charge in [0.1, 0.15) is 0 Å². The van der Waals surface area contributed by atoms with E-state index in [1.54, 1.807) is 0 Å². The van der Waals surface area contributed by atoms with Gasteiger partial charge in [0.25, 0.3) is 0 Å². The Labute approximate surface area is 71.7 Å². The summed E-state index contributed by atoms with van der Waals surface area (Å²) in [6, 6.07) is 0. The molecule has 1 fully saturated rings. The predicted molar refractivity (Wildman–Crippen MR) is 44.2 cm³/mol. The van der Waals surface area contributed by atoms with E-state index in [4.69, 9.17) is 5.73 Å². The third kappa shape index (κ3) is 2.68. The maximum Gasteiger partial charge on any atom is 0.241 e. The minimum Gasteiger partial charge on any atom is -0.329 e. The van der Waals surface area contributed by atoms with Crippen molar-refractivity contribution in [1.29, 1.82) is 0 Å². The normalized spacial score (nSPS) is 22.0. The summed E-state index contributed by atoms with van der Waals surface area (Å²) in [6.45, 7) is 3.04. The Morgan fingerprint density at radius 3 is 2.33 bits per heavy atom. The molecule has 2 N–H and O–H groups in total. The summed E-state index contributed by atoms with van der Waals surface area (Å²) in [6.07, 6.45) is -0.889. The van der Waals surface area contributed by atoms with Gasteiger partial charge in [-0.2, -0.15) is 0 Å². The van der Waals surface area contributed by atoms with Gasteiger partial charge in [0.2, 0.25) is 6.43 Å². The van der Waals surface area contributed by atoms with E-state index in [1.807, 2.05) is 0 Å². The summed E-state index contributed by atoms with van der Waals surface area (Å²) >= 11 is 0.